The van der Waals surface area contributed by atoms with Crippen LogP contribution in [0.5, 0.6) is 0 Å². The zero-order valence-corrected chi connectivity index (χ0v) is 9.68. The van der Waals surface area contributed by atoms with Gasteiger partial charge in [-0.15, -0.1) is 0 Å². The fourth-order valence-corrected chi connectivity index (χ4v) is 1.45. The molecule has 0 aromatic heterocycles. The summed E-state index contributed by atoms with van der Waals surface area (Å²) in [5.74, 6) is 0.525. The van der Waals surface area contributed by atoms with E-state index in [2.05, 4.69) is 26.1 Å². The van der Waals surface area contributed by atoms with E-state index in [1.54, 1.807) is 0 Å². The maximum atomic E-state index is 10.5. The molecule has 0 aromatic carbocycles. The standard InChI is InChI=1S/C11H24N2O/c1-4-9(3)8-10(5-2)13-7-6-11(12)14/h9-10,13H,4-8H2,1-3H3,(H2,12,14). The Labute approximate surface area is 87.4 Å². The number of hydrogen-bond donors (Lipinski definition) is 2. The van der Waals surface area contributed by atoms with Gasteiger partial charge in [0.25, 0.3) is 0 Å². The van der Waals surface area contributed by atoms with Crippen molar-refractivity contribution in [3.63, 3.8) is 0 Å². The van der Waals surface area contributed by atoms with Gasteiger partial charge in [0.15, 0.2) is 0 Å². The lowest BCUT2D eigenvalue weighted by atomic mass is 9.98. The van der Waals surface area contributed by atoms with Gasteiger partial charge in [-0.25, -0.2) is 0 Å². The first-order valence-electron chi connectivity index (χ1n) is 5.61. The highest BCUT2D eigenvalue weighted by atomic mass is 16.1. The molecule has 1 amide bonds. The van der Waals surface area contributed by atoms with Gasteiger partial charge in [-0.3, -0.25) is 4.79 Å². The van der Waals surface area contributed by atoms with Crippen LogP contribution in [0, 0.1) is 5.92 Å². The van der Waals surface area contributed by atoms with Crippen LogP contribution in [0.4, 0.5) is 0 Å². The summed E-state index contributed by atoms with van der Waals surface area (Å²) in [7, 11) is 0. The molecule has 0 spiro atoms. The van der Waals surface area contributed by atoms with Gasteiger partial charge in [0.2, 0.25) is 5.91 Å². The van der Waals surface area contributed by atoms with Gasteiger partial charge in [0.1, 0.15) is 0 Å². The van der Waals surface area contributed by atoms with Crippen molar-refractivity contribution in [3.8, 4) is 0 Å². The van der Waals surface area contributed by atoms with Gasteiger partial charge in [-0.1, -0.05) is 27.2 Å². The van der Waals surface area contributed by atoms with Crippen molar-refractivity contribution < 1.29 is 4.79 Å². The van der Waals surface area contributed by atoms with Crippen molar-refractivity contribution in [2.45, 2.75) is 52.5 Å². The molecule has 0 aromatic rings. The minimum atomic E-state index is -0.226. The summed E-state index contributed by atoms with van der Waals surface area (Å²) < 4.78 is 0. The van der Waals surface area contributed by atoms with Crippen LogP contribution in [-0.2, 0) is 4.79 Å². The van der Waals surface area contributed by atoms with Gasteiger partial charge in [-0.2, -0.15) is 0 Å². The molecular formula is C11H24N2O. The number of primary amides is 1. The molecule has 0 rings (SSSR count). The first-order valence-corrected chi connectivity index (χ1v) is 5.61. The Balaban J connectivity index is 3.62. The zero-order valence-electron chi connectivity index (χ0n) is 9.68. The Morgan fingerprint density at radius 1 is 1.36 bits per heavy atom. The predicted molar refractivity (Wildman–Crippen MR) is 60.0 cm³/mol. The Kier molecular flexibility index (Phi) is 7.48. The summed E-state index contributed by atoms with van der Waals surface area (Å²) in [6.07, 6.45) is 3.96. The van der Waals surface area contributed by atoms with Crippen LogP contribution in [0.1, 0.15) is 46.5 Å². The normalized spacial score (nSPS) is 15.1. The minimum Gasteiger partial charge on any atom is -0.370 e. The summed E-state index contributed by atoms with van der Waals surface area (Å²) in [6.45, 7) is 7.35. The SMILES string of the molecule is CCC(C)CC(CC)NCCC(N)=O. The summed E-state index contributed by atoms with van der Waals surface area (Å²) in [6, 6.07) is 0.532. The van der Waals surface area contributed by atoms with Gasteiger partial charge >= 0.3 is 0 Å². The number of carbonyl (C=O) groups is 1. The number of nitrogens with two attached hydrogens (primary N) is 1. The molecule has 3 nitrogen and oxygen atoms in total. The molecule has 0 saturated heterocycles. The molecule has 0 aliphatic carbocycles. The highest BCUT2D eigenvalue weighted by Crippen LogP contribution is 2.11. The van der Waals surface area contributed by atoms with E-state index < -0.39 is 0 Å². The van der Waals surface area contributed by atoms with E-state index in [9.17, 15) is 4.79 Å². The van der Waals surface area contributed by atoms with Crippen molar-refractivity contribution in [1.82, 2.24) is 5.32 Å². The first-order chi connectivity index (χ1) is 6.60. The third-order valence-corrected chi connectivity index (χ3v) is 2.68. The molecule has 3 heteroatoms. The van der Waals surface area contributed by atoms with Crippen LogP contribution >= 0.6 is 0 Å². The summed E-state index contributed by atoms with van der Waals surface area (Å²) in [5.41, 5.74) is 5.07. The molecule has 3 N–H and O–H groups in total. The van der Waals surface area contributed by atoms with E-state index >= 15 is 0 Å². The Hall–Kier alpha value is -0.570. The van der Waals surface area contributed by atoms with Crippen LogP contribution < -0.4 is 11.1 Å². The Morgan fingerprint density at radius 3 is 2.43 bits per heavy atom. The van der Waals surface area contributed by atoms with E-state index in [4.69, 9.17) is 5.73 Å². The van der Waals surface area contributed by atoms with Gasteiger partial charge < -0.3 is 11.1 Å². The third kappa shape index (κ3) is 6.89. The second-order valence-electron chi connectivity index (χ2n) is 4.02. The van der Waals surface area contributed by atoms with Gasteiger partial charge in [0.05, 0.1) is 0 Å². The van der Waals surface area contributed by atoms with E-state index in [0.717, 1.165) is 12.3 Å². The highest BCUT2D eigenvalue weighted by Gasteiger charge is 2.09. The molecule has 0 saturated carbocycles. The fourth-order valence-electron chi connectivity index (χ4n) is 1.45. The molecule has 0 heterocycles. The van der Waals surface area contributed by atoms with Crippen molar-refractivity contribution >= 4 is 5.91 Å². The summed E-state index contributed by atoms with van der Waals surface area (Å²) >= 11 is 0. The molecule has 0 aliphatic rings. The number of carbonyl (C=O) groups excluding carboxylic acids is 1. The molecular weight excluding hydrogens is 176 g/mol. The number of nitrogens with one attached hydrogen (secondary N) is 1. The summed E-state index contributed by atoms with van der Waals surface area (Å²) in [5, 5.41) is 3.37. The molecule has 2 unspecified atom stereocenters. The lowest BCUT2D eigenvalue weighted by Crippen LogP contribution is -2.32. The zero-order chi connectivity index (χ0) is 11.0. The van der Waals surface area contributed by atoms with Crippen molar-refractivity contribution in [2.24, 2.45) is 11.7 Å². The molecule has 84 valence electrons. The average Bonchev–Trinajstić information content (AvgIpc) is 2.15. The number of amides is 1. The van der Waals surface area contributed by atoms with Crippen molar-refractivity contribution in [3.05, 3.63) is 0 Å². The lowest BCUT2D eigenvalue weighted by molar-refractivity contribution is -0.117. The number of rotatable bonds is 8. The Bertz CT molecular complexity index is 159. The van der Waals surface area contributed by atoms with Crippen molar-refractivity contribution in [2.75, 3.05) is 6.54 Å². The second kappa shape index (κ2) is 7.80. The average molecular weight is 200 g/mol. The van der Waals surface area contributed by atoms with Gasteiger partial charge in [-0.05, 0) is 18.8 Å². The van der Waals surface area contributed by atoms with E-state index in [-0.39, 0.29) is 5.91 Å². The highest BCUT2D eigenvalue weighted by molar-refractivity contribution is 5.73. The quantitative estimate of drug-likeness (QED) is 0.626. The van der Waals surface area contributed by atoms with Crippen LogP contribution in [0.3, 0.4) is 0 Å². The van der Waals surface area contributed by atoms with Crippen LogP contribution in [0.15, 0.2) is 0 Å². The van der Waals surface area contributed by atoms with Crippen LogP contribution in [0.2, 0.25) is 0 Å². The molecule has 2 atom stereocenters. The smallest absolute Gasteiger partial charge is 0.218 e. The topological polar surface area (TPSA) is 55.1 Å². The second-order valence-corrected chi connectivity index (χ2v) is 4.02. The fraction of sp³-hybridized carbons (Fsp3) is 0.909. The molecule has 0 bridgehead atoms. The Morgan fingerprint density at radius 2 is 2.00 bits per heavy atom. The van der Waals surface area contributed by atoms with E-state index in [0.29, 0.717) is 19.0 Å². The first kappa shape index (κ1) is 13.4. The largest absolute Gasteiger partial charge is 0.370 e. The van der Waals surface area contributed by atoms with Crippen LogP contribution in [0.25, 0.3) is 0 Å². The van der Waals surface area contributed by atoms with E-state index in [1.165, 1.54) is 12.8 Å². The van der Waals surface area contributed by atoms with Crippen LogP contribution in [-0.4, -0.2) is 18.5 Å². The third-order valence-electron chi connectivity index (χ3n) is 2.68. The van der Waals surface area contributed by atoms with Gasteiger partial charge in [0, 0.05) is 19.0 Å². The predicted octanol–water partition coefficient (Wildman–Crippen LogP) is 1.67. The molecule has 0 fully saturated rings. The summed E-state index contributed by atoms with van der Waals surface area (Å²) in [4.78, 5) is 10.5. The number of hydrogen-bond acceptors (Lipinski definition) is 2. The lowest BCUT2D eigenvalue weighted by Gasteiger charge is -2.19. The van der Waals surface area contributed by atoms with Crippen molar-refractivity contribution in [1.29, 1.82) is 0 Å². The maximum absolute atomic E-state index is 10.5. The monoisotopic (exact) mass is 200 g/mol. The molecule has 14 heavy (non-hydrogen) atoms. The maximum Gasteiger partial charge on any atom is 0.218 e. The molecule has 0 aliphatic heterocycles. The minimum absolute atomic E-state index is 0.226. The van der Waals surface area contributed by atoms with E-state index in [1.807, 2.05) is 0 Å². The molecule has 0 radical (unpaired) electrons.